The molecule has 1 aromatic heterocycles. The summed E-state index contributed by atoms with van der Waals surface area (Å²) in [7, 11) is 4.99. The van der Waals surface area contributed by atoms with Gasteiger partial charge in [-0.3, -0.25) is 4.99 Å². The SMILES string of the molecule is CCOc1c(OC)cc(CNC(=NC)NCCc2csc(C)n2)cc1OC. The van der Waals surface area contributed by atoms with Crippen molar-refractivity contribution in [1.82, 2.24) is 15.6 Å². The molecule has 2 rings (SSSR count). The Morgan fingerprint density at radius 3 is 2.41 bits per heavy atom. The number of hydrogen-bond donors (Lipinski definition) is 2. The van der Waals surface area contributed by atoms with Crippen LogP contribution in [0.4, 0.5) is 0 Å². The van der Waals surface area contributed by atoms with Crippen LogP contribution in [0.25, 0.3) is 0 Å². The predicted molar refractivity (Wildman–Crippen MR) is 109 cm³/mol. The molecule has 8 heteroatoms. The molecule has 7 nitrogen and oxygen atoms in total. The van der Waals surface area contributed by atoms with E-state index in [0.29, 0.717) is 30.4 Å². The fraction of sp³-hybridized carbons (Fsp3) is 0.474. The molecule has 0 radical (unpaired) electrons. The van der Waals surface area contributed by atoms with Gasteiger partial charge in [0.05, 0.1) is 31.5 Å². The molecule has 0 saturated heterocycles. The van der Waals surface area contributed by atoms with Gasteiger partial charge < -0.3 is 24.8 Å². The first-order valence-electron chi connectivity index (χ1n) is 8.84. The van der Waals surface area contributed by atoms with E-state index in [0.717, 1.165) is 35.2 Å². The highest BCUT2D eigenvalue weighted by Gasteiger charge is 2.14. The van der Waals surface area contributed by atoms with Crippen LogP contribution in [0, 0.1) is 6.92 Å². The van der Waals surface area contributed by atoms with Crippen molar-refractivity contribution in [2.45, 2.75) is 26.8 Å². The summed E-state index contributed by atoms with van der Waals surface area (Å²) in [6.45, 7) is 5.82. The average molecular weight is 393 g/mol. The molecule has 2 N–H and O–H groups in total. The highest BCUT2D eigenvalue weighted by atomic mass is 32.1. The van der Waals surface area contributed by atoms with Crippen LogP contribution < -0.4 is 24.8 Å². The number of aromatic nitrogens is 1. The molecule has 0 fully saturated rings. The summed E-state index contributed by atoms with van der Waals surface area (Å²) < 4.78 is 16.5. The molecule has 1 heterocycles. The minimum absolute atomic E-state index is 0.541. The minimum atomic E-state index is 0.541. The van der Waals surface area contributed by atoms with E-state index in [9.17, 15) is 0 Å². The van der Waals surface area contributed by atoms with Crippen molar-refractivity contribution in [3.8, 4) is 17.2 Å². The van der Waals surface area contributed by atoms with E-state index in [1.54, 1.807) is 32.6 Å². The lowest BCUT2D eigenvalue weighted by atomic mass is 10.2. The Morgan fingerprint density at radius 1 is 1.19 bits per heavy atom. The molecular formula is C19H28N4O3S. The lowest BCUT2D eigenvalue weighted by molar-refractivity contribution is 0.288. The number of aliphatic imine (C=N–C) groups is 1. The van der Waals surface area contributed by atoms with E-state index >= 15 is 0 Å². The van der Waals surface area contributed by atoms with E-state index in [4.69, 9.17) is 14.2 Å². The second-order valence-electron chi connectivity index (χ2n) is 5.72. The summed E-state index contributed by atoms with van der Waals surface area (Å²) in [4.78, 5) is 8.73. The van der Waals surface area contributed by atoms with E-state index in [-0.39, 0.29) is 0 Å². The number of hydrogen-bond acceptors (Lipinski definition) is 6. The first kappa shape index (κ1) is 20.8. The van der Waals surface area contributed by atoms with Crippen LogP contribution in [0.15, 0.2) is 22.5 Å². The van der Waals surface area contributed by atoms with Crippen LogP contribution in [-0.4, -0.2) is 45.4 Å². The highest BCUT2D eigenvalue weighted by Crippen LogP contribution is 2.38. The molecule has 0 atom stereocenters. The van der Waals surface area contributed by atoms with Crippen LogP contribution in [0.5, 0.6) is 17.2 Å². The molecular weight excluding hydrogens is 364 g/mol. The topological polar surface area (TPSA) is 77.0 Å². The summed E-state index contributed by atoms with van der Waals surface area (Å²) >= 11 is 1.67. The zero-order valence-electron chi connectivity index (χ0n) is 16.6. The Morgan fingerprint density at radius 2 is 1.89 bits per heavy atom. The van der Waals surface area contributed by atoms with Gasteiger partial charge in [-0.05, 0) is 31.5 Å². The van der Waals surface area contributed by atoms with Crippen LogP contribution in [0.3, 0.4) is 0 Å². The maximum Gasteiger partial charge on any atom is 0.203 e. The summed E-state index contributed by atoms with van der Waals surface area (Å²) in [6.07, 6.45) is 0.857. The highest BCUT2D eigenvalue weighted by molar-refractivity contribution is 7.09. The Bertz CT molecular complexity index is 736. The zero-order chi connectivity index (χ0) is 19.6. The molecule has 0 aliphatic rings. The van der Waals surface area contributed by atoms with Crippen LogP contribution in [-0.2, 0) is 13.0 Å². The van der Waals surface area contributed by atoms with Gasteiger partial charge in [0.25, 0.3) is 0 Å². The van der Waals surface area contributed by atoms with Gasteiger partial charge in [-0.1, -0.05) is 0 Å². The molecule has 0 spiro atoms. The third-order valence-electron chi connectivity index (χ3n) is 3.83. The first-order valence-corrected chi connectivity index (χ1v) is 9.72. The monoisotopic (exact) mass is 392 g/mol. The zero-order valence-corrected chi connectivity index (χ0v) is 17.4. The quantitative estimate of drug-likeness (QED) is 0.505. The van der Waals surface area contributed by atoms with Crippen molar-refractivity contribution in [2.24, 2.45) is 4.99 Å². The van der Waals surface area contributed by atoms with Crippen LogP contribution in [0.1, 0.15) is 23.2 Å². The number of methoxy groups -OCH3 is 2. The number of rotatable bonds is 9. The van der Waals surface area contributed by atoms with E-state index in [1.165, 1.54) is 0 Å². The summed E-state index contributed by atoms with van der Waals surface area (Å²) in [6, 6.07) is 3.87. The Balaban J connectivity index is 1.94. The number of nitrogens with one attached hydrogen (secondary N) is 2. The number of benzene rings is 1. The predicted octanol–water partition coefficient (Wildman–Crippen LogP) is 2.78. The van der Waals surface area contributed by atoms with Gasteiger partial charge in [0, 0.05) is 31.9 Å². The minimum Gasteiger partial charge on any atom is -0.493 e. The third kappa shape index (κ3) is 6.02. The maximum atomic E-state index is 5.64. The standard InChI is InChI=1S/C19H28N4O3S/c1-6-26-18-16(24-4)9-14(10-17(18)25-5)11-22-19(20-3)21-8-7-15-12-27-13(2)23-15/h9-10,12H,6-8,11H2,1-5H3,(H2,20,21,22). The molecule has 27 heavy (non-hydrogen) atoms. The van der Waals surface area contributed by atoms with Gasteiger partial charge in [0.1, 0.15) is 0 Å². The molecule has 0 aliphatic heterocycles. The molecule has 148 valence electrons. The second-order valence-corrected chi connectivity index (χ2v) is 6.79. The van der Waals surface area contributed by atoms with Crippen molar-refractivity contribution in [2.75, 3.05) is 34.4 Å². The van der Waals surface area contributed by atoms with Gasteiger partial charge in [0.15, 0.2) is 17.5 Å². The van der Waals surface area contributed by atoms with E-state index < -0.39 is 0 Å². The normalized spacial score (nSPS) is 11.2. The molecule has 0 bridgehead atoms. The van der Waals surface area contributed by atoms with Crippen LogP contribution in [0.2, 0.25) is 0 Å². The number of thiazole rings is 1. The Labute approximate surface area is 164 Å². The van der Waals surface area contributed by atoms with Crippen molar-refractivity contribution < 1.29 is 14.2 Å². The van der Waals surface area contributed by atoms with Crippen molar-refractivity contribution in [3.63, 3.8) is 0 Å². The molecule has 0 unspecified atom stereocenters. The molecule has 1 aromatic carbocycles. The molecule has 2 aromatic rings. The summed E-state index contributed by atoms with van der Waals surface area (Å²) in [5.74, 6) is 2.64. The Hall–Kier alpha value is -2.48. The molecule has 0 amide bonds. The molecule has 0 saturated carbocycles. The van der Waals surface area contributed by atoms with Gasteiger partial charge in [-0.2, -0.15) is 0 Å². The van der Waals surface area contributed by atoms with Crippen molar-refractivity contribution in [1.29, 1.82) is 0 Å². The van der Waals surface area contributed by atoms with Gasteiger partial charge in [-0.25, -0.2) is 4.98 Å². The molecule has 0 aliphatic carbocycles. The van der Waals surface area contributed by atoms with Crippen molar-refractivity contribution in [3.05, 3.63) is 33.8 Å². The number of guanidine groups is 1. The van der Waals surface area contributed by atoms with Gasteiger partial charge >= 0.3 is 0 Å². The van der Waals surface area contributed by atoms with Gasteiger partial charge in [-0.15, -0.1) is 11.3 Å². The first-order chi connectivity index (χ1) is 13.1. The second kappa shape index (κ2) is 10.6. The van der Waals surface area contributed by atoms with Crippen LogP contribution >= 0.6 is 11.3 Å². The Kier molecular flexibility index (Phi) is 8.19. The number of ether oxygens (including phenoxy) is 3. The smallest absolute Gasteiger partial charge is 0.203 e. The average Bonchev–Trinajstić information content (AvgIpc) is 3.10. The van der Waals surface area contributed by atoms with Gasteiger partial charge in [0.2, 0.25) is 5.75 Å². The lowest BCUT2D eigenvalue weighted by Crippen LogP contribution is -2.37. The maximum absolute atomic E-state index is 5.64. The summed E-state index contributed by atoms with van der Waals surface area (Å²) in [5.41, 5.74) is 2.10. The number of aryl methyl sites for hydroxylation is 1. The van der Waals surface area contributed by atoms with E-state index in [1.807, 2.05) is 26.0 Å². The summed E-state index contributed by atoms with van der Waals surface area (Å²) in [5, 5.41) is 9.78. The van der Waals surface area contributed by atoms with Crippen molar-refractivity contribution >= 4 is 17.3 Å². The largest absolute Gasteiger partial charge is 0.493 e. The third-order valence-corrected chi connectivity index (χ3v) is 4.66. The van der Waals surface area contributed by atoms with E-state index in [2.05, 4.69) is 26.0 Å². The fourth-order valence-electron chi connectivity index (χ4n) is 2.56. The fourth-order valence-corrected chi connectivity index (χ4v) is 3.21. The number of nitrogens with zero attached hydrogens (tertiary/aromatic N) is 2. The lowest BCUT2D eigenvalue weighted by Gasteiger charge is -2.16.